The van der Waals surface area contributed by atoms with Crippen molar-refractivity contribution in [2.24, 2.45) is 0 Å². The molecule has 0 heterocycles. The van der Waals surface area contributed by atoms with Crippen molar-refractivity contribution in [3.8, 4) is 0 Å². The highest BCUT2D eigenvalue weighted by Crippen LogP contribution is 2.42. The molecule has 216 valence electrons. The zero-order valence-electron chi connectivity index (χ0n) is 24.9. The molecule has 3 nitrogen and oxygen atoms in total. The molecule has 0 unspecified atom stereocenters. The average molecular weight is 580 g/mol. The summed E-state index contributed by atoms with van der Waals surface area (Å²) in [6.07, 6.45) is 0. The molecule has 0 atom stereocenters. The first-order valence-corrected chi connectivity index (χ1v) is 15.2. The van der Waals surface area contributed by atoms with Crippen LogP contribution < -0.4 is 14.7 Å². The van der Waals surface area contributed by atoms with E-state index in [-0.39, 0.29) is 0 Å². The van der Waals surface area contributed by atoms with Crippen LogP contribution in [0.15, 0.2) is 200 Å². The zero-order valence-corrected chi connectivity index (χ0v) is 24.9. The third kappa shape index (κ3) is 6.06. The van der Waals surface area contributed by atoms with Crippen LogP contribution in [0.5, 0.6) is 0 Å². The normalized spacial score (nSPS) is 10.7. The van der Waals surface area contributed by atoms with E-state index in [9.17, 15) is 0 Å². The van der Waals surface area contributed by atoms with Gasteiger partial charge < -0.3 is 14.7 Å². The molecule has 0 fully saturated rings. The largest absolute Gasteiger partial charge is 0.310 e. The number of hydrogen-bond acceptors (Lipinski definition) is 3. The maximum atomic E-state index is 2.33. The number of rotatable bonds is 9. The van der Waals surface area contributed by atoms with Crippen LogP contribution in [0.3, 0.4) is 0 Å². The summed E-state index contributed by atoms with van der Waals surface area (Å²) in [6, 6.07) is 70.3. The van der Waals surface area contributed by atoms with E-state index in [1.54, 1.807) is 0 Å². The van der Waals surface area contributed by atoms with Gasteiger partial charge in [-0.05, 0) is 97.1 Å². The SMILES string of the molecule is c1ccc(N(c2ccccc2)c2cccc(N(c3ccccc3)c3cccc(N(c4ccccc4)c4ccccc4)c3)c2)cc1. The third-order valence-electron chi connectivity index (χ3n) is 7.76. The average Bonchev–Trinajstić information content (AvgIpc) is 3.12. The fourth-order valence-corrected chi connectivity index (χ4v) is 5.77. The molecule has 0 saturated heterocycles. The highest BCUT2D eigenvalue weighted by Gasteiger charge is 2.19. The van der Waals surface area contributed by atoms with Gasteiger partial charge in [0.15, 0.2) is 0 Å². The Morgan fingerprint density at radius 3 is 0.578 bits per heavy atom. The maximum absolute atomic E-state index is 2.33. The summed E-state index contributed by atoms with van der Waals surface area (Å²) >= 11 is 0. The van der Waals surface area contributed by atoms with Gasteiger partial charge in [-0.1, -0.05) is 103 Å². The lowest BCUT2D eigenvalue weighted by Crippen LogP contribution is -2.14. The Morgan fingerprint density at radius 2 is 0.356 bits per heavy atom. The van der Waals surface area contributed by atoms with Gasteiger partial charge in [0, 0.05) is 51.2 Å². The van der Waals surface area contributed by atoms with Crippen LogP contribution in [0, 0.1) is 0 Å². The first kappa shape index (κ1) is 27.8. The summed E-state index contributed by atoms with van der Waals surface area (Å²) in [6.45, 7) is 0. The minimum absolute atomic E-state index is 1.07. The molecular formula is C42H33N3. The lowest BCUT2D eigenvalue weighted by molar-refractivity contribution is 1.24. The van der Waals surface area contributed by atoms with E-state index in [4.69, 9.17) is 0 Å². The second-order valence-electron chi connectivity index (χ2n) is 10.7. The summed E-state index contributed by atoms with van der Waals surface area (Å²) in [7, 11) is 0. The topological polar surface area (TPSA) is 9.72 Å². The van der Waals surface area contributed by atoms with Gasteiger partial charge >= 0.3 is 0 Å². The van der Waals surface area contributed by atoms with Crippen LogP contribution >= 0.6 is 0 Å². The Labute approximate surface area is 265 Å². The predicted molar refractivity (Wildman–Crippen MR) is 190 cm³/mol. The van der Waals surface area contributed by atoms with E-state index in [0.29, 0.717) is 0 Å². The molecule has 7 aromatic carbocycles. The molecule has 0 amide bonds. The van der Waals surface area contributed by atoms with Crippen LogP contribution in [-0.2, 0) is 0 Å². The molecule has 0 saturated carbocycles. The van der Waals surface area contributed by atoms with E-state index >= 15 is 0 Å². The molecular weight excluding hydrogens is 546 g/mol. The van der Waals surface area contributed by atoms with Gasteiger partial charge in [0.25, 0.3) is 0 Å². The van der Waals surface area contributed by atoms with E-state index < -0.39 is 0 Å². The van der Waals surface area contributed by atoms with Crippen LogP contribution in [-0.4, -0.2) is 0 Å². The Balaban J connectivity index is 1.36. The Morgan fingerprint density at radius 1 is 0.178 bits per heavy atom. The van der Waals surface area contributed by atoms with Gasteiger partial charge in [-0.25, -0.2) is 0 Å². The molecule has 7 aromatic rings. The van der Waals surface area contributed by atoms with Crippen molar-refractivity contribution < 1.29 is 0 Å². The summed E-state index contributed by atoms with van der Waals surface area (Å²) in [5.74, 6) is 0. The Bertz CT molecular complexity index is 1740. The number of nitrogens with zero attached hydrogens (tertiary/aromatic N) is 3. The molecule has 0 aromatic heterocycles. The fraction of sp³-hybridized carbons (Fsp3) is 0. The van der Waals surface area contributed by atoms with Gasteiger partial charge in [0.2, 0.25) is 0 Å². The Kier molecular flexibility index (Phi) is 8.06. The van der Waals surface area contributed by atoms with Crippen LogP contribution in [0.25, 0.3) is 0 Å². The number of hydrogen-bond donors (Lipinski definition) is 0. The highest BCUT2D eigenvalue weighted by molar-refractivity contribution is 5.85. The summed E-state index contributed by atoms with van der Waals surface area (Å²) in [5.41, 5.74) is 9.81. The Hall–Kier alpha value is -6.06. The molecule has 3 heteroatoms. The van der Waals surface area contributed by atoms with Crippen molar-refractivity contribution in [2.75, 3.05) is 14.7 Å². The summed E-state index contributed by atoms with van der Waals surface area (Å²) in [4.78, 5) is 6.93. The van der Waals surface area contributed by atoms with Crippen molar-refractivity contribution in [3.63, 3.8) is 0 Å². The van der Waals surface area contributed by atoms with E-state index in [1.807, 2.05) is 0 Å². The van der Waals surface area contributed by atoms with Gasteiger partial charge in [0.1, 0.15) is 0 Å². The summed E-state index contributed by atoms with van der Waals surface area (Å²) in [5, 5.41) is 0. The number of anilines is 9. The van der Waals surface area contributed by atoms with Gasteiger partial charge in [0.05, 0.1) is 0 Å². The quantitative estimate of drug-likeness (QED) is 0.168. The standard InChI is InChI=1S/C42H33N3/c1-6-18-34(19-7-1)43(35-20-8-2-9-21-35)39-28-16-30-41(32-39)45(38-26-14-5-15-27-38)42-31-17-29-40(33-42)44(36-22-10-3-11-23-36)37-24-12-4-13-25-37/h1-33H. The molecule has 45 heavy (non-hydrogen) atoms. The van der Waals surface area contributed by atoms with Gasteiger partial charge in [-0.15, -0.1) is 0 Å². The highest BCUT2D eigenvalue weighted by atomic mass is 15.2. The molecule has 0 spiro atoms. The minimum atomic E-state index is 1.07. The molecule has 0 aliphatic heterocycles. The lowest BCUT2D eigenvalue weighted by Gasteiger charge is -2.31. The second-order valence-corrected chi connectivity index (χ2v) is 10.7. The molecule has 0 radical (unpaired) electrons. The van der Waals surface area contributed by atoms with E-state index in [0.717, 1.165) is 51.2 Å². The van der Waals surface area contributed by atoms with Crippen molar-refractivity contribution in [1.82, 2.24) is 0 Å². The third-order valence-corrected chi connectivity index (χ3v) is 7.76. The van der Waals surface area contributed by atoms with Crippen molar-refractivity contribution >= 4 is 51.2 Å². The molecule has 7 rings (SSSR count). The second kappa shape index (κ2) is 13.1. The fourth-order valence-electron chi connectivity index (χ4n) is 5.77. The zero-order chi connectivity index (χ0) is 30.3. The lowest BCUT2D eigenvalue weighted by atomic mass is 10.1. The molecule has 0 bridgehead atoms. The van der Waals surface area contributed by atoms with Crippen molar-refractivity contribution in [3.05, 3.63) is 200 Å². The number of benzene rings is 7. The minimum Gasteiger partial charge on any atom is -0.310 e. The first-order valence-electron chi connectivity index (χ1n) is 15.2. The predicted octanol–water partition coefficient (Wildman–Crippen LogP) is 12.1. The van der Waals surface area contributed by atoms with Crippen LogP contribution in [0.4, 0.5) is 51.2 Å². The van der Waals surface area contributed by atoms with E-state index in [1.165, 1.54) is 0 Å². The van der Waals surface area contributed by atoms with Crippen LogP contribution in [0.2, 0.25) is 0 Å². The smallest absolute Gasteiger partial charge is 0.0482 e. The molecule has 0 N–H and O–H groups in total. The monoisotopic (exact) mass is 579 g/mol. The summed E-state index contributed by atoms with van der Waals surface area (Å²) < 4.78 is 0. The van der Waals surface area contributed by atoms with Crippen LogP contribution in [0.1, 0.15) is 0 Å². The van der Waals surface area contributed by atoms with Gasteiger partial charge in [-0.3, -0.25) is 0 Å². The van der Waals surface area contributed by atoms with Crippen molar-refractivity contribution in [1.29, 1.82) is 0 Å². The number of para-hydroxylation sites is 5. The van der Waals surface area contributed by atoms with E-state index in [2.05, 4.69) is 215 Å². The molecule has 0 aliphatic rings. The van der Waals surface area contributed by atoms with Crippen molar-refractivity contribution in [2.45, 2.75) is 0 Å². The first-order chi connectivity index (χ1) is 22.3. The maximum Gasteiger partial charge on any atom is 0.0482 e. The molecule has 0 aliphatic carbocycles. The van der Waals surface area contributed by atoms with Gasteiger partial charge in [-0.2, -0.15) is 0 Å².